The van der Waals surface area contributed by atoms with Crippen LogP contribution in [-0.4, -0.2) is 23.9 Å². The van der Waals surface area contributed by atoms with Gasteiger partial charge in [0, 0.05) is 6.07 Å². The Hall–Kier alpha value is -2.18. The van der Waals surface area contributed by atoms with E-state index < -0.39 is 4.92 Å². The topological polar surface area (TPSA) is 104 Å². The summed E-state index contributed by atoms with van der Waals surface area (Å²) in [7, 11) is 0. The smallest absolute Gasteiger partial charge is 0.357 e. The number of aromatic amines is 1. The van der Waals surface area contributed by atoms with Crippen LogP contribution < -0.4 is 15.6 Å². The Bertz CT molecular complexity index is 477. The van der Waals surface area contributed by atoms with E-state index in [1.165, 1.54) is 6.07 Å². The molecule has 1 saturated heterocycles. The lowest BCUT2D eigenvalue weighted by atomic mass is 9.97. The normalized spacial score (nSPS) is 19.6. The summed E-state index contributed by atoms with van der Waals surface area (Å²) >= 11 is 0. The number of anilines is 1. The van der Waals surface area contributed by atoms with Crippen molar-refractivity contribution in [1.29, 1.82) is 0 Å². The zero-order valence-corrected chi connectivity index (χ0v) is 9.83. The molecule has 1 fully saturated rings. The molecule has 1 aromatic rings. The highest BCUT2D eigenvalue weighted by molar-refractivity contribution is 5.77. The number of hydrogen-bond acceptors (Lipinski definition) is 4. The average Bonchev–Trinajstić information content (AvgIpc) is 2.39. The molecular formula is C11H15N4O3+. The van der Waals surface area contributed by atoms with Crippen LogP contribution in [0.25, 0.3) is 0 Å². The van der Waals surface area contributed by atoms with E-state index in [2.05, 4.69) is 4.98 Å². The van der Waals surface area contributed by atoms with E-state index in [1.54, 1.807) is 12.3 Å². The fourth-order valence-electron chi connectivity index (χ4n) is 2.23. The largest absolute Gasteiger partial charge is 0.369 e. The van der Waals surface area contributed by atoms with Crippen LogP contribution in [0.4, 0.5) is 11.5 Å². The Labute approximate surface area is 104 Å². The summed E-state index contributed by atoms with van der Waals surface area (Å²) in [4.78, 5) is 26.4. The van der Waals surface area contributed by atoms with Gasteiger partial charge in [-0.1, -0.05) is 0 Å². The number of carbonyl (C=O) groups excluding carboxylic acids is 1. The van der Waals surface area contributed by atoms with Crippen LogP contribution in [0.2, 0.25) is 0 Å². The summed E-state index contributed by atoms with van der Waals surface area (Å²) in [5.74, 6) is -0.154. The van der Waals surface area contributed by atoms with Gasteiger partial charge >= 0.3 is 11.5 Å². The molecule has 0 bridgehead atoms. The number of hydrogen-bond donors (Lipinski definition) is 1. The van der Waals surface area contributed by atoms with Gasteiger partial charge in [0.1, 0.15) is 0 Å². The zero-order chi connectivity index (χ0) is 13.1. The monoisotopic (exact) mass is 251 g/mol. The van der Waals surface area contributed by atoms with E-state index in [0.29, 0.717) is 18.9 Å². The van der Waals surface area contributed by atoms with Crippen molar-refractivity contribution in [2.75, 3.05) is 18.0 Å². The van der Waals surface area contributed by atoms with Crippen molar-refractivity contribution in [3.8, 4) is 0 Å². The van der Waals surface area contributed by atoms with E-state index in [1.807, 2.05) is 4.90 Å². The molecule has 0 aliphatic carbocycles. The SMILES string of the molecule is NC(=O)[C@@H]1CCCN(c2[nH+]cccc2[N+](=O)[O-])C1. The molecule has 7 heteroatoms. The Balaban J connectivity index is 2.26. The summed E-state index contributed by atoms with van der Waals surface area (Å²) in [6.45, 7) is 1.11. The van der Waals surface area contributed by atoms with Crippen LogP contribution in [0.1, 0.15) is 12.8 Å². The van der Waals surface area contributed by atoms with Crippen LogP contribution >= 0.6 is 0 Å². The summed E-state index contributed by atoms with van der Waals surface area (Å²) in [6, 6.07) is 3.02. The number of pyridine rings is 1. The molecule has 18 heavy (non-hydrogen) atoms. The highest BCUT2D eigenvalue weighted by Gasteiger charge is 2.34. The van der Waals surface area contributed by atoms with Crippen LogP contribution in [0, 0.1) is 16.0 Å². The Morgan fingerprint density at radius 3 is 3.06 bits per heavy atom. The third-order valence-electron chi connectivity index (χ3n) is 3.15. The summed E-state index contributed by atoms with van der Waals surface area (Å²) in [5.41, 5.74) is 5.31. The van der Waals surface area contributed by atoms with E-state index in [9.17, 15) is 14.9 Å². The molecule has 0 aromatic carbocycles. The van der Waals surface area contributed by atoms with Gasteiger partial charge in [0.05, 0.1) is 30.1 Å². The van der Waals surface area contributed by atoms with E-state index in [-0.39, 0.29) is 17.5 Å². The molecule has 0 radical (unpaired) electrons. The standard InChI is InChI=1S/C11H14N4O3/c12-10(16)8-3-2-6-14(7-8)11-9(15(17)18)4-1-5-13-11/h1,4-5,8H,2-3,6-7H2,(H2,12,16)/p+1/t8-/m1/s1. The number of piperidine rings is 1. The number of primary amides is 1. The quantitative estimate of drug-likeness (QED) is 0.608. The van der Waals surface area contributed by atoms with Crippen molar-refractivity contribution in [1.82, 2.24) is 0 Å². The second-order valence-electron chi connectivity index (χ2n) is 4.35. The molecule has 7 nitrogen and oxygen atoms in total. The molecule has 1 aromatic heterocycles. The minimum atomic E-state index is -0.431. The van der Waals surface area contributed by atoms with Gasteiger partial charge in [-0.05, 0) is 18.9 Å². The molecular weight excluding hydrogens is 236 g/mol. The van der Waals surface area contributed by atoms with Gasteiger partial charge in [-0.3, -0.25) is 19.8 Å². The Morgan fingerprint density at radius 1 is 1.61 bits per heavy atom. The first-order valence-corrected chi connectivity index (χ1v) is 5.79. The number of nitrogens with two attached hydrogens (primary N) is 1. The molecule has 1 atom stereocenters. The fourth-order valence-corrected chi connectivity index (χ4v) is 2.23. The maximum atomic E-state index is 11.2. The fraction of sp³-hybridized carbons (Fsp3) is 0.455. The predicted octanol–water partition coefficient (Wildman–Crippen LogP) is 0.111. The van der Waals surface area contributed by atoms with Crippen LogP contribution in [0.5, 0.6) is 0 Å². The van der Waals surface area contributed by atoms with Gasteiger partial charge in [0.2, 0.25) is 5.91 Å². The first-order valence-electron chi connectivity index (χ1n) is 5.79. The van der Waals surface area contributed by atoms with Crippen LogP contribution in [0.15, 0.2) is 18.3 Å². The lowest BCUT2D eigenvalue weighted by Crippen LogP contribution is -2.43. The number of amides is 1. The third kappa shape index (κ3) is 2.39. The van der Waals surface area contributed by atoms with Crippen molar-refractivity contribution in [2.45, 2.75) is 12.8 Å². The maximum Gasteiger partial charge on any atom is 0.357 e. The highest BCUT2D eigenvalue weighted by Crippen LogP contribution is 2.26. The van der Waals surface area contributed by atoms with Crippen LogP contribution in [0.3, 0.4) is 0 Å². The molecule has 1 amide bonds. The average molecular weight is 251 g/mol. The van der Waals surface area contributed by atoms with Gasteiger partial charge in [-0.25, -0.2) is 4.98 Å². The number of nitrogens with zero attached hydrogens (tertiary/aromatic N) is 2. The molecule has 3 N–H and O–H groups in total. The molecule has 2 heterocycles. The van der Waals surface area contributed by atoms with E-state index >= 15 is 0 Å². The molecule has 1 aliphatic rings. The van der Waals surface area contributed by atoms with Gasteiger partial charge in [-0.15, -0.1) is 0 Å². The Morgan fingerprint density at radius 2 is 2.39 bits per heavy atom. The number of rotatable bonds is 3. The molecule has 0 unspecified atom stereocenters. The summed E-state index contributed by atoms with van der Waals surface area (Å²) in [6.07, 6.45) is 3.18. The van der Waals surface area contributed by atoms with E-state index in [0.717, 1.165) is 12.8 Å². The number of carbonyl (C=O) groups is 1. The first-order chi connectivity index (χ1) is 8.59. The van der Waals surface area contributed by atoms with Gasteiger partial charge in [0.25, 0.3) is 0 Å². The van der Waals surface area contributed by atoms with Crippen molar-refractivity contribution in [2.24, 2.45) is 11.7 Å². The predicted molar refractivity (Wildman–Crippen MR) is 63.8 cm³/mol. The molecule has 96 valence electrons. The third-order valence-corrected chi connectivity index (χ3v) is 3.15. The number of nitrogens with one attached hydrogen (secondary N) is 1. The minimum Gasteiger partial charge on any atom is -0.369 e. The van der Waals surface area contributed by atoms with Crippen molar-refractivity contribution >= 4 is 17.4 Å². The lowest BCUT2D eigenvalue weighted by Gasteiger charge is -2.25. The number of nitro groups is 1. The summed E-state index contributed by atoms with van der Waals surface area (Å²) in [5, 5.41) is 10.9. The number of H-pyrrole nitrogens is 1. The first kappa shape index (κ1) is 12.3. The number of aromatic nitrogens is 1. The second-order valence-corrected chi connectivity index (χ2v) is 4.35. The van der Waals surface area contributed by atoms with Gasteiger partial charge in [0.15, 0.2) is 0 Å². The van der Waals surface area contributed by atoms with Crippen molar-refractivity contribution < 1.29 is 14.7 Å². The van der Waals surface area contributed by atoms with Crippen molar-refractivity contribution in [3.05, 3.63) is 28.4 Å². The Kier molecular flexibility index (Phi) is 3.40. The second kappa shape index (κ2) is 4.99. The van der Waals surface area contributed by atoms with Gasteiger partial charge < -0.3 is 5.73 Å². The highest BCUT2D eigenvalue weighted by atomic mass is 16.6. The summed E-state index contributed by atoms with van der Waals surface area (Å²) < 4.78 is 0. The van der Waals surface area contributed by atoms with Crippen LogP contribution in [-0.2, 0) is 4.79 Å². The van der Waals surface area contributed by atoms with Crippen molar-refractivity contribution in [3.63, 3.8) is 0 Å². The molecule has 2 rings (SSSR count). The van der Waals surface area contributed by atoms with Gasteiger partial charge in [-0.2, -0.15) is 0 Å². The zero-order valence-electron chi connectivity index (χ0n) is 9.83. The lowest BCUT2D eigenvalue weighted by molar-refractivity contribution is -0.411. The molecule has 0 saturated carbocycles. The maximum absolute atomic E-state index is 11.2. The minimum absolute atomic E-state index is 0.0163. The van der Waals surface area contributed by atoms with E-state index in [4.69, 9.17) is 5.73 Å². The molecule has 1 aliphatic heterocycles. The molecule has 0 spiro atoms.